The Hall–Kier alpha value is -0.940. The SMILES string of the molecule is CNCC(=O)c1cnc(OC)s1. The van der Waals surface area contributed by atoms with Crippen molar-refractivity contribution >= 4 is 17.1 Å². The van der Waals surface area contributed by atoms with Crippen LogP contribution in [0.2, 0.25) is 0 Å². The van der Waals surface area contributed by atoms with Crippen molar-refractivity contribution in [3.8, 4) is 5.19 Å². The second-order valence-corrected chi connectivity index (χ2v) is 3.14. The highest BCUT2D eigenvalue weighted by Crippen LogP contribution is 2.19. The first-order valence-electron chi connectivity index (χ1n) is 3.45. The number of carbonyl (C=O) groups is 1. The highest BCUT2D eigenvalue weighted by Gasteiger charge is 2.08. The lowest BCUT2D eigenvalue weighted by Gasteiger charge is -1.92. The molecule has 0 fully saturated rings. The predicted molar refractivity (Wildman–Crippen MR) is 46.9 cm³/mol. The van der Waals surface area contributed by atoms with Crippen molar-refractivity contribution in [1.82, 2.24) is 10.3 Å². The smallest absolute Gasteiger partial charge is 0.273 e. The van der Waals surface area contributed by atoms with Crippen LogP contribution in [0.25, 0.3) is 0 Å². The third-order valence-electron chi connectivity index (χ3n) is 1.27. The Bertz CT molecular complexity index is 272. The van der Waals surface area contributed by atoms with E-state index in [2.05, 4.69) is 10.3 Å². The van der Waals surface area contributed by atoms with E-state index < -0.39 is 0 Å². The van der Waals surface area contributed by atoms with Gasteiger partial charge < -0.3 is 10.1 Å². The van der Waals surface area contributed by atoms with Gasteiger partial charge in [0.1, 0.15) is 0 Å². The summed E-state index contributed by atoms with van der Waals surface area (Å²) < 4.78 is 4.86. The molecule has 0 aliphatic rings. The lowest BCUT2D eigenvalue weighted by molar-refractivity contribution is 0.0997. The molecule has 1 aromatic rings. The van der Waals surface area contributed by atoms with Crippen molar-refractivity contribution < 1.29 is 9.53 Å². The molecule has 12 heavy (non-hydrogen) atoms. The number of nitrogens with zero attached hydrogens (tertiary/aromatic N) is 1. The van der Waals surface area contributed by atoms with Gasteiger partial charge in [0, 0.05) is 0 Å². The molecule has 5 heteroatoms. The zero-order valence-electron chi connectivity index (χ0n) is 6.96. The summed E-state index contributed by atoms with van der Waals surface area (Å²) in [6, 6.07) is 0. The van der Waals surface area contributed by atoms with E-state index in [9.17, 15) is 4.79 Å². The molecule has 1 N–H and O–H groups in total. The lowest BCUT2D eigenvalue weighted by atomic mass is 10.3. The average Bonchev–Trinajstić information content (AvgIpc) is 2.52. The van der Waals surface area contributed by atoms with Gasteiger partial charge in [0.2, 0.25) is 0 Å². The minimum atomic E-state index is 0.0401. The van der Waals surface area contributed by atoms with E-state index in [1.165, 1.54) is 24.6 Å². The molecular formula is C7H10N2O2S. The second-order valence-electron chi connectivity index (χ2n) is 2.15. The molecule has 66 valence electrons. The van der Waals surface area contributed by atoms with Gasteiger partial charge in [0.05, 0.1) is 24.7 Å². The molecule has 0 aliphatic carbocycles. The highest BCUT2D eigenvalue weighted by molar-refractivity contribution is 7.15. The van der Waals surface area contributed by atoms with Gasteiger partial charge in [-0.25, -0.2) is 4.98 Å². The number of Topliss-reactive ketones (excluding diaryl/α,β-unsaturated/α-hetero) is 1. The summed E-state index contributed by atoms with van der Waals surface area (Å²) in [6.07, 6.45) is 1.53. The van der Waals surface area contributed by atoms with Crippen LogP contribution in [0.3, 0.4) is 0 Å². The van der Waals surface area contributed by atoms with E-state index in [1.54, 1.807) is 7.05 Å². The van der Waals surface area contributed by atoms with E-state index in [1.807, 2.05) is 0 Å². The predicted octanol–water partition coefficient (Wildman–Crippen LogP) is 0.554. The number of ketones is 1. The number of carbonyl (C=O) groups excluding carboxylic acids is 1. The topological polar surface area (TPSA) is 51.2 Å². The molecule has 0 amide bonds. The molecule has 0 aromatic carbocycles. The van der Waals surface area contributed by atoms with Crippen molar-refractivity contribution in [1.29, 1.82) is 0 Å². The molecule has 1 rings (SSSR count). The van der Waals surface area contributed by atoms with E-state index in [0.717, 1.165) is 0 Å². The summed E-state index contributed by atoms with van der Waals surface area (Å²) in [7, 11) is 3.27. The van der Waals surface area contributed by atoms with Crippen molar-refractivity contribution in [3.63, 3.8) is 0 Å². The Kier molecular flexibility index (Phi) is 3.19. The normalized spacial score (nSPS) is 9.83. The molecule has 0 atom stereocenters. The van der Waals surface area contributed by atoms with Gasteiger partial charge in [-0.1, -0.05) is 11.3 Å². The van der Waals surface area contributed by atoms with Crippen LogP contribution in [0.1, 0.15) is 9.67 Å². The van der Waals surface area contributed by atoms with Crippen LogP contribution < -0.4 is 10.1 Å². The van der Waals surface area contributed by atoms with Crippen molar-refractivity contribution in [2.45, 2.75) is 0 Å². The Balaban J connectivity index is 2.68. The number of aromatic nitrogens is 1. The molecule has 0 unspecified atom stereocenters. The maximum Gasteiger partial charge on any atom is 0.273 e. The van der Waals surface area contributed by atoms with Crippen LogP contribution in [0, 0.1) is 0 Å². The average molecular weight is 186 g/mol. The van der Waals surface area contributed by atoms with Crippen LogP contribution in [0.5, 0.6) is 5.19 Å². The molecule has 1 heterocycles. The van der Waals surface area contributed by atoms with E-state index >= 15 is 0 Å². The number of thiazole rings is 1. The molecule has 1 aromatic heterocycles. The van der Waals surface area contributed by atoms with Crippen molar-refractivity contribution in [2.75, 3.05) is 20.7 Å². The summed E-state index contributed by atoms with van der Waals surface area (Å²) >= 11 is 1.26. The van der Waals surface area contributed by atoms with Gasteiger partial charge in [-0.3, -0.25) is 4.79 Å². The number of hydrogen-bond acceptors (Lipinski definition) is 5. The van der Waals surface area contributed by atoms with Crippen LogP contribution in [-0.2, 0) is 0 Å². The lowest BCUT2D eigenvalue weighted by Crippen LogP contribution is -2.17. The van der Waals surface area contributed by atoms with Gasteiger partial charge in [0.15, 0.2) is 5.78 Å². The molecule has 0 aliphatic heterocycles. The number of rotatable bonds is 4. The fraction of sp³-hybridized carbons (Fsp3) is 0.429. The largest absolute Gasteiger partial charge is 0.473 e. The Morgan fingerprint density at radius 2 is 2.58 bits per heavy atom. The van der Waals surface area contributed by atoms with Crippen molar-refractivity contribution in [2.24, 2.45) is 0 Å². The summed E-state index contributed by atoms with van der Waals surface area (Å²) in [5.41, 5.74) is 0. The Morgan fingerprint density at radius 3 is 3.08 bits per heavy atom. The summed E-state index contributed by atoms with van der Waals surface area (Å²) in [5.74, 6) is 0.0401. The monoisotopic (exact) mass is 186 g/mol. The fourth-order valence-electron chi connectivity index (χ4n) is 0.729. The third-order valence-corrected chi connectivity index (χ3v) is 2.27. The van der Waals surface area contributed by atoms with Gasteiger partial charge in [-0.15, -0.1) is 0 Å². The van der Waals surface area contributed by atoms with Crippen LogP contribution >= 0.6 is 11.3 Å². The minimum absolute atomic E-state index is 0.0401. The first-order valence-corrected chi connectivity index (χ1v) is 4.27. The van der Waals surface area contributed by atoms with E-state index in [-0.39, 0.29) is 5.78 Å². The number of nitrogens with one attached hydrogen (secondary N) is 1. The fourth-order valence-corrected chi connectivity index (χ4v) is 1.40. The zero-order chi connectivity index (χ0) is 8.97. The van der Waals surface area contributed by atoms with E-state index in [4.69, 9.17) is 4.74 Å². The van der Waals surface area contributed by atoms with Crippen LogP contribution in [0.4, 0.5) is 0 Å². The highest BCUT2D eigenvalue weighted by atomic mass is 32.1. The summed E-state index contributed by atoms with van der Waals surface area (Å²) in [4.78, 5) is 15.7. The molecule has 0 radical (unpaired) electrons. The van der Waals surface area contributed by atoms with Gasteiger partial charge in [0.25, 0.3) is 5.19 Å². The minimum Gasteiger partial charge on any atom is -0.473 e. The Morgan fingerprint density at radius 1 is 1.83 bits per heavy atom. The number of likely N-dealkylation sites (N-methyl/N-ethyl adjacent to an activating group) is 1. The zero-order valence-corrected chi connectivity index (χ0v) is 7.77. The van der Waals surface area contributed by atoms with Gasteiger partial charge in [-0.05, 0) is 7.05 Å². The summed E-state index contributed by atoms with van der Waals surface area (Å²) in [5, 5.41) is 3.30. The first-order chi connectivity index (χ1) is 5.77. The molecule has 0 saturated heterocycles. The number of ether oxygens (including phenoxy) is 1. The first kappa shape index (κ1) is 9.15. The van der Waals surface area contributed by atoms with E-state index in [0.29, 0.717) is 16.6 Å². The molecular weight excluding hydrogens is 176 g/mol. The number of hydrogen-bond donors (Lipinski definition) is 1. The quantitative estimate of drug-likeness (QED) is 0.698. The van der Waals surface area contributed by atoms with Crippen LogP contribution in [-0.4, -0.2) is 31.5 Å². The second kappa shape index (κ2) is 4.18. The van der Waals surface area contributed by atoms with Crippen molar-refractivity contribution in [3.05, 3.63) is 11.1 Å². The molecule has 0 spiro atoms. The maximum atomic E-state index is 11.2. The van der Waals surface area contributed by atoms with Gasteiger partial charge in [-0.2, -0.15) is 0 Å². The third kappa shape index (κ3) is 2.02. The molecule has 0 saturated carbocycles. The van der Waals surface area contributed by atoms with Gasteiger partial charge >= 0.3 is 0 Å². The Labute approximate surface area is 74.6 Å². The molecule has 4 nitrogen and oxygen atoms in total. The standard InChI is InChI=1S/C7H10N2O2S/c1-8-3-5(10)6-4-9-7(11-2)12-6/h4,8H,3H2,1-2H3. The number of methoxy groups -OCH3 is 1. The summed E-state index contributed by atoms with van der Waals surface area (Å²) in [6.45, 7) is 0.339. The maximum absolute atomic E-state index is 11.2. The molecule has 0 bridgehead atoms. The van der Waals surface area contributed by atoms with Crippen LogP contribution in [0.15, 0.2) is 6.20 Å².